The topological polar surface area (TPSA) is 38.3 Å². The Kier molecular flexibility index (Phi) is 5.93. The third-order valence-corrected chi connectivity index (χ3v) is 7.54. The number of rotatable bonds is 5. The van der Waals surface area contributed by atoms with Crippen LogP contribution < -0.4 is 10.1 Å². The Morgan fingerprint density at radius 2 is 1.43 bits per heavy atom. The fraction of sp³-hybridized carbons (Fsp3) is 0.174. The van der Waals surface area contributed by atoms with E-state index in [1.54, 1.807) is 0 Å². The maximum Gasteiger partial charge on any atom is 0.255 e. The molecule has 0 spiro atoms. The van der Waals surface area contributed by atoms with Crippen molar-refractivity contribution in [2.45, 2.75) is 11.5 Å². The summed E-state index contributed by atoms with van der Waals surface area (Å²) in [6.07, 6.45) is 0. The Labute approximate surface area is 173 Å². The third-order valence-electron chi connectivity index (χ3n) is 4.44. The zero-order valence-corrected chi connectivity index (χ0v) is 17.2. The molecule has 1 saturated heterocycles. The van der Waals surface area contributed by atoms with Crippen LogP contribution in [-0.4, -0.2) is 17.4 Å². The number of hydrogen-bond acceptors (Lipinski definition) is 4. The first kappa shape index (κ1) is 19.0. The van der Waals surface area contributed by atoms with E-state index in [0.29, 0.717) is 10.1 Å². The molecule has 1 aliphatic heterocycles. The molecule has 0 atom stereocenters. The molecule has 1 N–H and O–H groups in total. The van der Waals surface area contributed by atoms with E-state index in [9.17, 15) is 4.79 Å². The average Bonchev–Trinajstić information content (AvgIpc) is 3.26. The highest BCUT2D eigenvalue weighted by atomic mass is 32.2. The number of carbonyl (C=O) groups excluding carboxylic acids is 1. The van der Waals surface area contributed by atoms with Crippen molar-refractivity contribution in [2.24, 2.45) is 0 Å². The lowest BCUT2D eigenvalue weighted by Crippen LogP contribution is -2.11. The minimum Gasteiger partial charge on any atom is -0.457 e. The smallest absolute Gasteiger partial charge is 0.255 e. The minimum absolute atomic E-state index is 0.106. The lowest BCUT2D eigenvalue weighted by molar-refractivity contribution is 0.102. The van der Waals surface area contributed by atoms with E-state index >= 15 is 0 Å². The second-order valence-corrected chi connectivity index (χ2v) is 9.31. The lowest BCUT2D eigenvalue weighted by Gasteiger charge is -2.10. The molecule has 3 nitrogen and oxygen atoms in total. The highest BCUT2D eigenvalue weighted by molar-refractivity contribution is 8.19. The standard InChI is InChI=1S/C23H21NO2S2/c1-16-2-10-20(11-3-16)26-21-12-8-19(9-13-21)24-22(25)17-4-6-18(7-5-17)23-27-14-15-28-23/h2-13,23H,14-15H2,1H3,(H,24,25). The van der Waals surface area contributed by atoms with Crippen molar-refractivity contribution in [1.82, 2.24) is 0 Å². The number of hydrogen-bond donors (Lipinski definition) is 1. The van der Waals surface area contributed by atoms with Crippen molar-refractivity contribution >= 4 is 35.1 Å². The second-order valence-electron chi connectivity index (χ2n) is 6.59. The van der Waals surface area contributed by atoms with E-state index in [2.05, 4.69) is 17.4 Å². The molecule has 28 heavy (non-hydrogen) atoms. The van der Waals surface area contributed by atoms with E-state index in [1.807, 2.05) is 91.1 Å². The van der Waals surface area contributed by atoms with Crippen LogP contribution in [0.5, 0.6) is 11.5 Å². The van der Waals surface area contributed by atoms with Crippen molar-refractivity contribution in [1.29, 1.82) is 0 Å². The molecule has 0 radical (unpaired) electrons. The highest BCUT2D eigenvalue weighted by Gasteiger charge is 2.18. The Morgan fingerprint density at radius 3 is 2.04 bits per heavy atom. The Hall–Kier alpha value is -2.37. The predicted octanol–water partition coefficient (Wildman–Crippen LogP) is 6.52. The number of aryl methyl sites for hydroxylation is 1. The molecule has 0 saturated carbocycles. The van der Waals surface area contributed by atoms with Gasteiger partial charge in [-0.25, -0.2) is 0 Å². The molecule has 1 fully saturated rings. The number of benzene rings is 3. The van der Waals surface area contributed by atoms with Gasteiger partial charge in [-0.3, -0.25) is 4.79 Å². The number of ether oxygens (including phenoxy) is 1. The van der Waals surface area contributed by atoms with Crippen LogP contribution in [0.3, 0.4) is 0 Å². The summed E-state index contributed by atoms with van der Waals surface area (Å²) in [5.74, 6) is 3.81. The second kappa shape index (κ2) is 8.76. The zero-order valence-electron chi connectivity index (χ0n) is 15.6. The van der Waals surface area contributed by atoms with E-state index in [4.69, 9.17) is 4.74 Å². The minimum atomic E-state index is -0.106. The molecule has 3 aromatic carbocycles. The molecule has 3 aromatic rings. The van der Waals surface area contributed by atoms with Crippen molar-refractivity contribution in [3.05, 3.63) is 89.5 Å². The Bertz CT molecular complexity index is 932. The van der Waals surface area contributed by atoms with Gasteiger partial charge < -0.3 is 10.1 Å². The first-order valence-electron chi connectivity index (χ1n) is 9.16. The Morgan fingerprint density at radius 1 is 0.857 bits per heavy atom. The van der Waals surface area contributed by atoms with Crippen LogP contribution in [-0.2, 0) is 0 Å². The SMILES string of the molecule is Cc1ccc(Oc2ccc(NC(=O)c3ccc(C4SCCS4)cc3)cc2)cc1. The largest absolute Gasteiger partial charge is 0.457 e. The summed E-state index contributed by atoms with van der Waals surface area (Å²) in [4.78, 5) is 12.5. The molecule has 1 amide bonds. The van der Waals surface area contributed by atoms with Gasteiger partial charge in [0.1, 0.15) is 11.5 Å². The summed E-state index contributed by atoms with van der Waals surface area (Å²) in [7, 11) is 0. The predicted molar refractivity (Wildman–Crippen MR) is 120 cm³/mol. The van der Waals surface area contributed by atoms with Crippen molar-refractivity contribution in [2.75, 3.05) is 16.8 Å². The third kappa shape index (κ3) is 4.72. The molecule has 0 aromatic heterocycles. The van der Waals surface area contributed by atoms with Crippen molar-refractivity contribution in [3.63, 3.8) is 0 Å². The van der Waals surface area contributed by atoms with Crippen LogP contribution in [0.15, 0.2) is 72.8 Å². The van der Waals surface area contributed by atoms with Crippen molar-refractivity contribution < 1.29 is 9.53 Å². The molecule has 1 aliphatic rings. The number of carbonyl (C=O) groups is 1. The Balaban J connectivity index is 1.36. The zero-order chi connectivity index (χ0) is 19.3. The molecule has 5 heteroatoms. The molecule has 142 valence electrons. The van der Waals surface area contributed by atoms with Crippen LogP contribution in [0.25, 0.3) is 0 Å². The van der Waals surface area contributed by atoms with E-state index in [1.165, 1.54) is 22.6 Å². The van der Waals surface area contributed by atoms with Gasteiger partial charge in [0.2, 0.25) is 0 Å². The number of anilines is 1. The van der Waals surface area contributed by atoms with Gasteiger partial charge in [-0.15, -0.1) is 23.5 Å². The fourth-order valence-corrected chi connectivity index (χ4v) is 5.75. The fourth-order valence-electron chi connectivity index (χ4n) is 2.89. The molecule has 4 rings (SSSR count). The summed E-state index contributed by atoms with van der Waals surface area (Å²) in [5, 5.41) is 2.94. The molecular formula is C23H21NO2S2. The monoisotopic (exact) mass is 407 g/mol. The molecule has 0 unspecified atom stereocenters. The maximum absolute atomic E-state index is 12.5. The number of amides is 1. The van der Waals surface area contributed by atoms with Crippen LogP contribution in [0, 0.1) is 6.92 Å². The number of thioether (sulfide) groups is 2. The molecule has 0 bridgehead atoms. The van der Waals surface area contributed by atoms with Gasteiger partial charge in [0.15, 0.2) is 0 Å². The van der Waals surface area contributed by atoms with Gasteiger partial charge in [0.05, 0.1) is 4.58 Å². The van der Waals surface area contributed by atoms with E-state index in [0.717, 1.165) is 17.2 Å². The number of nitrogens with one attached hydrogen (secondary N) is 1. The normalized spacial score (nSPS) is 14.0. The summed E-state index contributed by atoms with van der Waals surface area (Å²) in [5.41, 5.74) is 3.88. The van der Waals surface area contributed by atoms with Gasteiger partial charge >= 0.3 is 0 Å². The van der Waals surface area contributed by atoms with E-state index in [-0.39, 0.29) is 5.91 Å². The van der Waals surface area contributed by atoms with Gasteiger partial charge in [-0.2, -0.15) is 0 Å². The summed E-state index contributed by atoms with van der Waals surface area (Å²) in [6.45, 7) is 2.04. The quantitative estimate of drug-likeness (QED) is 0.523. The van der Waals surface area contributed by atoms with Gasteiger partial charge in [-0.05, 0) is 61.0 Å². The summed E-state index contributed by atoms with van der Waals surface area (Å²) < 4.78 is 6.32. The first-order chi connectivity index (χ1) is 13.7. The summed E-state index contributed by atoms with van der Waals surface area (Å²) in [6, 6.07) is 23.2. The van der Waals surface area contributed by atoms with E-state index < -0.39 is 0 Å². The van der Waals surface area contributed by atoms with Crippen LogP contribution in [0.4, 0.5) is 5.69 Å². The van der Waals surface area contributed by atoms with Crippen LogP contribution in [0.2, 0.25) is 0 Å². The lowest BCUT2D eigenvalue weighted by atomic mass is 10.1. The van der Waals surface area contributed by atoms with Gasteiger partial charge in [-0.1, -0.05) is 29.8 Å². The van der Waals surface area contributed by atoms with Crippen LogP contribution >= 0.6 is 23.5 Å². The average molecular weight is 408 g/mol. The molecule has 1 heterocycles. The highest BCUT2D eigenvalue weighted by Crippen LogP contribution is 2.45. The summed E-state index contributed by atoms with van der Waals surface area (Å²) >= 11 is 3.93. The van der Waals surface area contributed by atoms with Gasteiger partial charge in [0, 0.05) is 22.8 Å². The van der Waals surface area contributed by atoms with Crippen molar-refractivity contribution in [3.8, 4) is 11.5 Å². The molecular weight excluding hydrogens is 386 g/mol. The maximum atomic E-state index is 12.5. The molecule has 0 aliphatic carbocycles. The van der Waals surface area contributed by atoms with Crippen LogP contribution in [0.1, 0.15) is 26.1 Å². The van der Waals surface area contributed by atoms with Gasteiger partial charge in [0.25, 0.3) is 5.91 Å². The first-order valence-corrected chi connectivity index (χ1v) is 11.3.